The Morgan fingerprint density at radius 3 is 2.76 bits per heavy atom. The van der Waals surface area contributed by atoms with E-state index in [-0.39, 0.29) is 24.5 Å². The average molecular weight is 467 g/mol. The van der Waals surface area contributed by atoms with E-state index in [1.165, 1.54) is 0 Å². The summed E-state index contributed by atoms with van der Waals surface area (Å²) in [6.07, 6.45) is 1.28. The average Bonchev–Trinajstić information content (AvgIpc) is 3.47. The van der Waals surface area contributed by atoms with Crippen molar-refractivity contribution < 1.29 is 28.6 Å². The predicted octanol–water partition coefficient (Wildman–Crippen LogP) is 3.36. The van der Waals surface area contributed by atoms with Gasteiger partial charge in [0.15, 0.2) is 6.61 Å². The fourth-order valence-electron chi connectivity index (χ4n) is 4.38. The Morgan fingerprint density at radius 2 is 2.03 bits per heavy atom. The van der Waals surface area contributed by atoms with E-state index in [0.29, 0.717) is 18.1 Å². The Bertz CT molecular complexity index is 1110. The zero-order chi connectivity index (χ0) is 24.1. The summed E-state index contributed by atoms with van der Waals surface area (Å²) in [6.45, 7) is 1.89. The highest BCUT2D eigenvalue weighted by Gasteiger charge is 2.29. The van der Waals surface area contributed by atoms with E-state index in [9.17, 15) is 9.59 Å². The van der Waals surface area contributed by atoms with Gasteiger partial charge in [0.05, 0.1) is 18.6 Å². The first-order chi connectivity index (χ1) is 16.4. The Morgan fingerprint density at radius 1 is 1.21 bits per heavy atom. The van der Waals surface area contributed by atoms with Crippen molar-refractivity contribution in [3.63, 3.8) is 0 Å². The number of ether oxygens (including phenoxy) is 2. The number of rotatable bonds is 10. The molecule has 1 amide bonds. The molecule has 4 rings (SSSR count). The molecule has 2 atom stereocenters. The van der Waals surface area contributed by atoms with Gasteiger partial charge in [0.1, 0.15) is 17.1 Å². The number of amides is 1. The number of aliphatic carboxylic acids is 1. The Kier molecular flexibility index (Phi) is 7.49. The summed E-state index contributed by atoms with van der Waals surface area (Å²) in [5.74, 6) is -0.0265. The molecule has 2 aromatic carbocycles. The molecule has 8 nitrogen and oxygen atoms in total. The minimum atomic E-state index is -1.04. The van der Waals surface area contributed by atoms with E-state index in [1.807, 2.05) is 48.5 Å². The molecule has 0 radical (unpaired) electrons. The number of hydrogen-bond donors (Lipinski definition) is 1. The van der Waals surface area contributed by atoms with Crippen molar-refractivity contribution >= 4 is 22.8 Å². The molecule has 1 aromatic heterocycles. The summed E-state index contributed by atoms with van der Waals surface area (Å²) >= 11 is 0. The van der Waals surface area contributed by atoms with Gasteiger partial charge < -0.3 is 23.9 Å². The summed E-state index contributed by atoms with van der Waals surface area (Å²) in [7, 11) is 3.52. The highest BCUT2D eigenvalue weighted by molar-refractivity contribution is 5.82. The Labute approximate surface area is 198 Å². The number of methoxy groups -OCH3 is 1. The zero-order valence-electron chi connectivity index (χ0n) is 19.5. The second-order valence-electron chi connectivity index (χ2n) is 8.61. The van der Waals surface area contributed by atoms with Crippen LogP contribution in [0, 0.1) is 0 Å². The summed E-state index contributed by atoms with van der Waals surface area (Å²) < 4.78 is 16.7. The van der Waals surface area contributed by atoms with Crippen molar-refractivity contribution in [2.75, 3.05) is 40.4 Å². The summed E-state index contributed by atoms with van der Waals surface area (Å²) in [5.41, 5.74) is 1.64. The number of likely N-dealkylation sites (tertiary alicyclic amines) is 1. The van der Waals surface area contributed by atoms with Crippen LogP contribution in [0.1, 0.15) is 23.8 Å². The van der Waals surface area contributed by atoms with Gasteiger partial charge in [-0.3, -0.25) is 9.69 Å². The van der Waals surface area contributed by atoms with Crippen LogP contribution in [0.4, 0.5) is 0 Å². The number of carboxylic acids is 1. The first kappa shape index (κ1) is 23.8. The molecule has 1 saturated heterocycles. The number of para-hydroxylation sites is 1. The second kappa shape index (κ2) is 10.7. The molecule has 180 valence electrons. The lowest BCUT2D eigenvalue weighted by molar-refractivity contribution is -0.139. The van der Waals surface area contributed by atoms with Crippen molar-refractivity contribution in [1.29, 1.82) is 0 Å². The Hall–Kier alpha value is -3.36. The molecule has 0 saturated carbocycles. The van der Waals surface area contributed by atoms with Crippen LogP contribution in [-0.2, 0) is 20.7 Å². The van der Waals surface area contributed by atoms with Gasteiger partial charge >= 0.3 is 5.97 Å². The van der Waals surface area contributed by atoms with Crippen LogP contribution >= 0.6 is 0 Å². The first-order valence-electron chi connectivity index (χ1n) is 11.4. The minimum absolute atomic E-state index is 0.0663. The van der Waals surface area contributed by atoms with Crippen molar-refractivity contribution in [3.05, 3.63) is 65.9 Å². The minimum Gasteiger partial charge on any atom is -0.482 e. The normalized spacial score (nSPS) is 17.1. The summed E-state index contributed by atoms with van der Waals surface area (Å²) in [5, 5.41) is 9.91. The van der Waals surface area contributed by atoms with Crippen LogP contribution in [0.15, 0.2) is 59.0 Å². The molecular formula is C26H30N2O6. The standard InChI is InChI=1S/C26H30N2O6/c1-27(25(29)14-22-13-19-6-3-4-9-24(19)34-22)23(16-28-11-10-21(15-28)32-2)18-7-5-8-20(12-18)33-17-26(30)31/h3-9,12-13,21,23H,10-11,14-17H2,1-2H3,(H,30,31)/t21-,23+/m0/s1. The van der Waals surface area contributed by atoms with E-state index < -0.39 is 12.6 Å². The topological polar surface area (TPSA) is 92.5 Å². The number of fused-ring (bicyclic) bond motifs is 1. The largest absolute Gasteiger partial charge is 0.482 e. The fourth-order valence-corrected chi connectivity index (χ4v) is 4.38. The van der Waals surface area contributed by atoms with Gasteiger partial charge in [0.2, 0.25) is 5.91 Å². The number of carbonyl (C=O) groups excluding carboxylic acids is 1. The van der Waals surface area contributed by atoms with Gasteiger partial charge in [-0.2, -0.15) is 0 Å². The smallest absolute Gasteiger partial charge is 0.341 e. The number of benzene rings is 2. The maximum atomic E-state index is 13.3. The van der Waals surface area contributed by atoms with Crippen LogP contribution < -0.4 is 4.74 Å². The molecule has 34 heavy (non-hydrogen) atoms. The lowest BCUT2D eigenvalue weighted by atomic mass is 10.0. The highest BCUT2D eigenvalue weighted by atomic mass is 16.5. The monoisotopic (exact) mass is 466 g/mol. The van der Waals surface area contributed by atoms with E-state index in [2.05, 4.69) is 4.90 Å². The maximum Gasteiger partial charge on any atom is 0.341 e. The molecule has 0 aliphatic carbocycles. The summed E-state index contributed by atoms with van der Waals surface area (Å²) in [6, 6.07) is 16.6. The number of hydrogen-bond acceptors (Lipinski definition) is 6. The molecule has 2 heterocycles. The quantitative estimate of drug-likeness (QED) is 0.490. The lowest BCUT2D eigenvalue weighted by Crippen LogP contribution is -2.39. The van der Waals surface area contributed by atoms with Crippen molar-refractivity contribution in [2.24, 2.45) is 0 Å². The number of likely N-dealkylation sites (N-methyl/N-ethyl adjacent to an activating group) is 1. The van der Waals surface area contributed by atoms with Crippen molar-refractivity contribution in [2.45, 2.75) is 25.0 Å². The molecule has 1 aliphatic heterocycles. The molecule has 0 spiro atoms. The van der Waals surface area contributed by atoms with E-state index >= 15 is 0 Å². The number of carbonyl (C=O) groups is 2. The fraction of sp³-hybridized carbons (Fsp3) is 0.385. The predicted molar refractivity (Wildman–Crippen MR) is 127 cm³/mol. The van der Waals surface area contributed by atoms with Gasteiger partial charge in [0, 0.05) is 39.2 Å². The molecule has 8 heteroatoms. The van der Waals surface area contributed by atoms with Gasteiger partial charge in [-0.1, -0.05) is 30.3 Å². The third-order valence-electron chi connectivity index (χ3n) is 6.26. The van der Waals surface area contributed by atoms with Crippen molar-refractivity contribution in [1.82, 2.24) is 9.80 Å². The van der Waals surface area contributed by atoms with Gasteiger partial charge in [-0.25, -0.2) is 4.79 Å². The molecule has 0 unspecified atom stereocenters. The third-order valence-corrected chi connectivity index (χ3v) is 6.26. The van der Waals surface area contributed by atoms with Crippen LogP contribution in [0.2, 0.25) is 0 Å². The van der Waals surface area contributed by atoms with Gasteiger partial charge in [0.25, 0.3) is 0 Å². The van der Waals surface area contributed by atoms with Crippen molar-refractivity contribution in [3.8, 4) is 5.75 Å². The maximum absolute atomic E-state index is 13.3. The number of nitrogens with zero attached hydrogens (tertiary/aromatic N) is 2. The highest BCUT2D eigenvalue weighted by Crippen LogP contribution is 2.28. The molecule has 1 fully saturated rings. The van der Waals surface area contributed by atoms with Crippen LogP contribution in [0.3, 0.4) is 0 Å². The molecule has 1 aliphatic rings. The number of furan rings is 1. The molecule has 0 bridgehead atoms. The second-order valence-corrected chi connectivity index (χ2v) is 8.61. The third kappa shape index (κ3) is 5.76. The SMILES string of the molecule is CO[C@H]1CCN(C[C@H](c2cccc(OCC(=O)O)c2)N(C)C(=O)Cc2cc3ccccc3o2)C1. The molecular weight excluding hydrogens is 436 g/mol. The lowest BCUT2D eigenvalue weighted by Gasteiger charge is -2.32. The van der Waals surface area contributed by atoms with Crippen LogP contribution in [0.5, 0.6) is 5.75 Å². The summed E-state index contributed by atoms with van der Waals surface area (Å²) in [4.78, 5) is 28.2. The van der Waals surface area contributed by atoms with E-state index in [1.54, 1.807) is 25.1 Å². The van der Waals surface area contributed by atoms with Gasteiger partial charge in [-0.15, -0.1) is 0 Å². The van der Waals surface area contributed by atoms with E-state index in [4.69, 9.17) is 19.0 Å². The molecule has 3 aromatic rings. The van der Waals surface area contributed by atoms with E-state index in [0.717, 1.165) is 36.0 Å². The number of carboxylic acid groups (broad SMARTS) is 1. The van der Waals surface area contributed by atoms with Gasteiger partial charge in [-0.05, 0) is 36.2 Å². The van der Waals surface area contributed by atoms with Crippen LogP contribution in [0.25, 0.3) is 11.0 Å². The Balaban J connectivity index is 1.54. The van der Waals surface area contributed by atoms with Crippen LogP contribution in [-0.4, -0.2) is 73.3 Å². The zero-order valence-corrected chi connectivity index (χ0v) is 19.5. The first-order valence-corrected chi connectivity index (χ1v) is 11.4. The molecule has 1 N–H and O–H groups in total.